The second kappa shape index (κ2) is 6.73. The predicted molar refractivity (Wildman–Crippen MR) is 69.3 cm³/mol. The lowest BCUT2D eigenvalue weighted by atomic mass is 9.76. The van der Waals surface area contributed by atoms with Gasteiger partial charge in [-0.1, -0.05) is 20.3 Å². The highest BCUT2D eigenvalue weighted by atomic mass is 16.4. The number of carboxylic acids is 1. The first-order valence-electron chi connectivity index (χ1n) is 6.80. The van der Waals surface area contributed by atoms with Crippen molar-refractivity contribution in [3.63, 3.8) is 0 Å². The van der Waals surface area contributed by atoms with Crippen molar-refractivity contribution >= 4 is 11.9 Å². The number of carbonyl (C=O) groups is 2. The van der Waals surface area contributed by atoms with E-state index in [4.69, 9.17) is 5.11 Å². The summed E-state index contributed by atoms with van der Waals surface area (Å²) in [5.41, 5.74) is -0.421. The Morgan fingerprint density at radius 1 is 1.44 bits per heavy atom. The molecule has 104 valence electrons. The van der Waals surface area contributed by atoms with Gasteiger partial charge in [0.05, 0.1) is 5.41 Å². The van der Waals surface area contributed by atoms with E-state index >= 15 is 0 Å². The molecule has 1 aliphatic heterocycles. The zero-order valence-corrected chi connectivity index (χ0v) is 11.3. The van der Waals surface area contributed by atoms with Crippen molar-refractivity contribution in [2.24, 2.45) is 5.41 Å². The maximum atomic E-state index is 12.4. The minimum Gasteiger partial charge on any atom is -0.480 e. The minimum absolute atomic E-state index is 0.106. The number of nitrogens with one attached hydrogen (secondary N) is 2. The Labute approximate surface area is 108 Å². The van der Waals surface area contributed by atoms with Gasteiger partial charge in [-0.05, 0) is 32.2 Å². The van der Waals surface area contributed by atoms with Crippen molar-refractivity contribution in [3.8, 4) is 0 Å². The van der Waals surface area contributed by atoms with Gasteiger partial charge in [0, 0.05) is 6.54 Å². The van der Waals surface area contributed by atoms with Crippen molar-refractivity contribution in [1.29, 1.82) is 0 Å². The lowest BCUT2D eigenvalue weighted by Gasteiger charge is -2.36. The van der Waals surface area contributed by atoms with Crippen LogP contribution in [0.1, 0.15) is 46.0 Å². The van der Waals surface area contributed by atoms with E-state index in [9.17, 15) is 9.59 Å². The summed E-state index contributed by atoms with van der Waals surface area (Å²) >= 11 is 0. The van der Waals surface area contributed by atoms with Gasteiger partial charge in [0.25, 0.3) is 0 Å². The third kappa shape index (κ3) is 3.45. The molecule has 5 heteroatoms. The molecule has 0 aromatic carbocycles. The van der Waals surface area contributed by atoms with E-state index in [1.807, 2.05) is 0 Å². The summed E-state index contributed by atoms with van der Waals surface area (Å²) in [4.78, 5) is 23.3. The monoisotopic (exact) mass is 256 g/mol. The Hall–Kier alpha value is -1.10. The molecule has 1 unspecified atom stereocenters. The molecule has 2 atom stereocenters. The number of piperidine rings is 1. The van der Waals surface area contributed by atoms with Crippen LogP contribution in [0.2, 0.25) is 0 Å². The molecule has 0 aromatic rings. The molecule has 5 nitrogen and oxygen atoms in total. The Kier molecular flexibility index (Phi) is 5.59. The average molecular weight is 256 g/mol. The number of rotatable bonds is 6. The largest absolute Gasteiger partial charge is 0.480 e. The van der Waals surface area contributed by atoms with Gasteiger partial charge >= 0.3 is 5.97 Å². The van der Waals surface area contributed by atoms with Crippen LogP contribution in [0.3, 0.4) is 0 Å². The van der Waals surface area contributed by atoms with Gasteiger partial charge < -0.3 is 15.7 Å². The average Bonchev–Trinajstić information content (AvgIpc) is 2.36. The number of aliphatic carboxylic acids is 1. The number of hydrogen-bond donors (Lipinski definition) is 3. The van der Waals surface area contributed by atoms with Crippen LogP contribution in [0.25, 0.3) is 0 Å². The molecule has 1 saturated heterocycles. The molecule has 0 aliphatic carbocycles. The normalized spacial score (nSPS) is 25.4. The molecular weight excluding hydrogens is 232 g/mol. The Balaban J connectivity index is 2.73. The van der Waals surface area contributed by atoms with E-state index < -0.39 is 17.4 Å². The molecule has 0 spiro atoms. The zero-order valence-electron chi connectivity index (χ0n) is 11.3. The lowest BCUT2D eigenvalue weighted by Crippen LogP contribution is -2.54. The zero-order chi connectivity index (χ0) is 13.6. The highest BCUT2D eigenvalue weighted by Crippen LogP contribution is 2.32. The van der Waals surface area contributed by atoms with Crippen molar-refractivity contribution in [3.05, 3.63) is 0 Å². The van der Waals surface area contributed by atoms with Gasteiger partial charge in [-0.3, -0.25) is 4.79 Å². The fourth-order valence-electron chi connectivity index (χ4n) is 2.62. The number of carbonyl (C=O) groups excluding carboxylic acids is 1. The molecule has 1 amide bonds. The number of amides is 1. The summed E-state index contributed by atoms with van der Waals surface area (Å²) in [5.74, 6) is -1.06. The van der Waals surface area contributed by atoms with Crippen LogP contribution in [0, 0.1) is 5.41 Å². The Morgan fingerprint density at radius 2 is 2.17 bits per heavy atom. The smallest absolute Gasteiger partial charge is 0.326 e. The van der Waals surface area contributed by atoms with Crippen molar-refractivity contribution in [2.45, 2.75) is 52.0 Å². The van der Waals surface area contributed by atoms with Gasteiger partial charge in [-0.15, -0.1) is 0 Å². The molecule has 1 aliphatic rings. The van der Waals surface area contributed by atoms with E-state index in [0.717, 1.165) is 32.2 Å². The SMILES string of the molecule is CCCC1(C(=O)N[C@H](CC)C(=O)O)CCCNC1. The lowest BCUT2D eigenvalue weighted by molar-refractivity contribution is -0.144. The number of carboxylic acid groups (broad SMARTS) is 1. The molecule has 0 aromatic heterocycles. The van der Waals surface area contributed by atoms with E-state index in [2.05, 4.69) is 17.6 Å². The molecule has 0 bridgehead atoms. The maximum absolute atomic E-state index is 12.4. The summed E-state index contributed by atoms with van der Waals surface area (Å²) in [6.07, 6.45) is 3.96. The summed E-state index contributed by atoms with van der Waals surface area (Å²) in [5, 5.41) is 14.9. The first kappa shape index (κ1) is 15.0. The second-order valence-corrected chi connectivity index (χ2v) is 5.08. The highest BCUT2D eigenvalue weighted by Gasteiger charge is 2.39. The topological polar surface area (TPSA) is 78.4 Å². The Bertz CT molecular complexity index is 293. The van der Waals surface area contributed by atoms with E-state index in [0.29, 0.717) is 13.0 Å². The van der Waals surface area contributed by atoms with Crippen molar-refractivity contribution in [1.82, 2.24) is 10.6 Å². The third-order valence-electron chi connectivity index (χ3n) is 3.69. The fraction of sp³-hybridized carbons (Fsp3) is 0.846. The van der Waals surface area contributed by atoms with Crippen LogP contribution in [0.5, 0.6) is 0 Å². The first-order valence-corrected chi connectivity index (χ1v) is 6.80. The quantitative estimate of drug-likeness (QED) is 0.666. The standard InChI is InChI=1S/C13H24N2O3/c1-3-6-13(7-5-8-14-9-13)12(18)15-10(4-2)11(16)17/h10,14H,3-9H2,1-2H3,(H,15,18)(H,16,17)/t10-,13?/m1/s1. The first-order chi connectivity index (χ1) is 8.55. The summed E-state index contributed by atoms with van der Waals surface area (Å²) < 4.78 is 0. The van der Waals surface area contributed by atoms with E-state index in [1.165, 1.54) is 0 Å². The molecule has 0 radical (unpaired) electrons. The van der Waals surface area contributed by atoms with Gasteiger partial charge in [0.1, 0.15) is 6.04 Å². The van der Waals surface area contributed by atoms with Crippen LogP contribution in [0.4, 0.5) is 0 Å². The van der Waals surface area contributed by atoms with Gasteiger partial charge in [0.2, 0.25) is 5.91 Å². The fourth-order valence-corrected chi connectivity index (χ4v) is 2.62. The van der Waals surface area contributed by atoms with Crippen LogP contribution in [-0.4, -0.2) is 36.1 Å². The molecule has 3 N–H and O–H groups in total. The van der Waals surface area contributed by atoms with Crippen LogP contribution in [0.15, 0.2) is 0 Å². The number of hydrogen-bond acceptors (Lipinski definition) is 3. The molecule has 1 fully saturated rings. The predicted octanol–water partition coefficient (Wildman–Crippen LogP) is 1.14. The summed E-state index contributed by atoms with van der Waals surface area (Å²) in [6.45, 7) is 5.42. The third-order valence-corrected chi connectivity index (χ3v) is 3.69. The second-order valence-electron chi connectivity index (χ2n) is 5.08. The summed E-state index contributed by atoms with van der Waals surface area (Å²) in [6, 6.07) is -0.770. The van der Waals surface area contributed by atoms with Crippen LogP contribution >= 0.6 is 0 Å². The van der Waals surface area contributed by atoms with Crippen molar-refractivity contribution < 1.29 is 14.7 Å². The molecule has 0 saturated carbocycles. The highest BCUT2D eigenvalue weighted by molar-refractivity contribution is 5.87. The van der Waals surface area contributed by atoms with E-state index in [1.54, 1.807) is 6.92 Å². The molecule has 1 heterocycles. The van der Waals surface area contributed by atoms with Gasteiger partial charge in [-0.25, -0.2) is 4.79 Å². The molecule has 18 heavy (non-hydrogen) atoms. The van der Waals surface area contributed by atoms with E-state index in [-0.39, 0.29) is 5.91 Å². The van der Waals surface area contributed by atoms with Crippen LogP contribution < -0.4 is 10.6 Å². The molecular formula is C13H24N2O3. The summed E-state index contributed by atoms with van der Waals surface area (Å²) in [7, 11) is 0. The van der Waals surface area contributed by atoms with Crippen molar-refractivity contribution in [2.75, 3.05) is 13.1 Å². The van der Waals surface area contributed by atoms with Gasteiger partial charge in [0.15, 0.2) is 0 Å². The van der Waals surface area contributed by atoms with Crippen LogP contribution in [-0.2, 0) is 9.59 Å². The molecule has 1 rings (SSSR count). The van der Waals surface area contributed by atoms with Gasteiger partial charge in [-0.2, -0.15) is 0 Å². The Morgan fingerprint density at radius 3 is 2.61 bits per heavy atom. The minimum atomic E-state index is -0.957. The maximum Gasteiger partial charge on any atom is 0.326 e.